The van der Waals surface area contributed by atoms with Crippen molar-refractivity contribution in [3.05, 3.63) is 86.8 Å². The van der Waals surface area contributed by atoms with Crippen LogP contribution in [0.1, 0.15) is 33.4 Å². The number of carbonyl (C=O) groups is 2. The van der Waals surface area contributed by atoms with Crippen molar-refractivity contribution in [2.45, 2.75) is 26.4 Å². The summed E-state index contributed by atoms with van der Waals surface area (Å²) < 4.78 is 19.0. The Hall–Kier alpha value is -3.19. The van der Waals surface area contributed by atoms with Gasteiger partial charge >= 0.3 is 0 Å². The van der Waals surface area contributed by atoms with Crippen LogP contribution in [-0.2, 0) is 16.1 Å². The van der Waals surface area contributed by atoms with Crippen molar-refractivity contribution in [3.8, 4) is 0 Å². The Morgan fingerprint density at radius 1 is 1.21 bits per heavy atom. The second kappa shape index (κ2) is 7.33. The number of likely N-dealkylation sites (tertiary alicyclic amines) is 1. The second-order valence-corrected chi connectivity index (χ2v) is 7.89. The topological polar surface area (TPSA) is 70.8 Å². The second-order valence-electron chi connectivity index (χ2n) is 6.94. The minimum atomic E-state index is -0.770. The van der Waals surface area contributed by atoms with Crippen LogP contribution in [0.4, 0.5) is 4.39 Å². The summed E-state index contributed by atoms with van der Waals surface area (Å²) in [5.41, 5.74) is 1.53. The number of halogens is 1. The first-order valence-electron chi connectivity index (χ1n) is 8.99. The fourth-order valence-electron chi connectivity index (χ4n) is 3.50. The first kappa shape index (κ1) is 19.1. The molecule has 2 aromatic heterocycles. The maximum Gasteiger partial charge on any atom is 0.296 e. The first-order valence-corrected chi connectivity index (χ1v) is 9.87. The predicted molar refractivity (Wildman–Crippen MR) is 107 cm³/mol. The van der Waals surface area contributed by atoms with Gasteiger partial charge in [0, 0.05) is 10.4 Å². The van der Waals surface area contributed by atoms with Gasteiger partial charge in [-0.15, -0.1) is 11.3 Å². The van der Waals surface area contributed by atoms with Crippen molar-refractivity contribution in [1.29, 1.82) is 0 Å². The maximum absolute atomic E-state index is 13.7. The lowest BCUT2D eigenvalue weighted by atomic mass is 9.97. The number of furan rings is 1. The highest BCUT2D eigenvalue weighted by Crippen LogP contribution is 2.43. The number of amides is 1. The molecule has 3 heterocycles. The van der Waals surface area contributed by atoms with Gasteiger partial charge in [0.2, 0.25) is 0 Å². The van der Waals surface area contributed by atoms with E-state index in [1.54, 1.807) is 19.1 Å². The standard InChI is InChI=1S/C22H18FNO4S/c1-12-7-9-29-21(12)18-17(19(25)14-5-6-16(23)13(2)10-14)20(26)22(27)24(18)11-15-4-3-8-28-15/h3-10,18,25H,11H2,1-2H3/b19-17-. The number of nitrogens with zero attached hydrogens (tertiary/aromatic N) is 1. The minimum absolute atomic E-state index is 0.00175. The predicted octanol–water partition coefficient (Wildman–Crippen LogP) is 4.72. The Morgan fingerprint density at radius 2 is 2.00 bits per heavy atom. The van der Waals surface area contributed by atoms with E-state index < -0.39 is 23.5 Å². The summed E-state index contributed by atoms with van der Waals surface area (Å²) in [6.07, 6.45) is 1.50. The molecule has 1 amide bonds. The van der Waals surface area contributed by atoms with Crippen molar-refractivity contribution < 1.29 is 23.5 Å². The number of thiophene rings is 1. The molecule has 1 fully saturated rings. The van der Waals surface area contributed by atoms with E-state index in [1.807, 2.05) is 18.4 Å². The molecule has 0 radical (unpaired) electrons. The lowest BCUT2D eigenvalue weighted by molar-refractivity contribution is -0.140. The molecular formula is C22H18FNO4S. The van der Waals surface area contributed by atoms with E-state index in [0.29, 0.717) is 16.9 Å². The molecule has 1 aromatic carbocycles. The molecule has 3 aromatic rings. The summed E-state index contributed by atoms with van der Waals surface area (Å²) in [4.78, 5) is 28.0. The van der Waals surface area contributed by atoms with E-state index in [0.717, 1.165) is 10.4 Å². The van der Waals surface area contributed by atoms with E-state index in [2.05, 4.69) is 0 Å². The molecule has 1 atom stereocenters. The number of Topliss-reactive ketones (excluding diaryl/α,β-unsaturated/α-hetero) is 1. The molecule has 1 aliphatic heterocycles. The summed E-state index contributed by atoms with van der Waals surface area (Å²) >= 11 is 1.41. The van der Waals surface area contributed by atoms with Gasteiger partial charge < -0.3 is 14.4 Å². The quantitative estimate of drug-likeness (QED) is 0.383. The molecule has 148 valence electrons. The van der Waals surface area contributed by atoms with Crippen molar-refractivity contribution >= 4 is 28.8 Å². The lowest BCUT2D eigenvalue weighted by Crippen LogP contribution is -2.28. The van der Waals surface area contributed by atoms with Gasteiger partial charge in [-0.2, -0.15) is 0 Å². The SMILES string of the molecule is Cc1cc(/C(O)=C2/C(=O)C(=O)N(Cc3ccco3)C2c2sccc2C)ccc1F. The zero-order valence-corrected chi connectivity index (χ0v) is 16.6. The average molecular weight is 411 g/mol. The van der Waals surface area contributed by atoms with Gasteiger partial charge in [0.25, 0.3) is 11.7 Å². The lowest BCUT2D eigenvalue weighted by Gasteiger charge is -2.24. The Labute approximate surface area is 170 Å². The maximum atomic E-state index is 13.7. The number of aliphatic hydroxyl groups excluding tert-OH is 1. The highest BCUT2D eigenvalue weighted by Gasteiger charge is 2.47. The number of benzene rings is 1. The molecule has 1 N–H and O–H groups in total. The number of carbonyl (C=O) groups excluding carboxylic acids is 2. The molecule has 0 bridgehead atoms. The third-order valence-corrected chi connectivity index (χ3v) is 6.10. The van der Waals surface area contributed by atoms with Crippen LogP contribution in [0.25, 0.3) is 5.76 Å². The number of aliphatic hydroxyl groups is 1. The molecule has 0 spiro atoms. The van der Waals surface area contributed by atoms with Gasteiger partial charge in [-0.1, -0.05) is 0 Å². The number of ketones is 1. The average Bonchev–Trinajstić information content (AvgIpc) is 3.41. The van der Waals surface area contributed by atoms with Gasteiger partial charge in [0.15, 0.2) is 0 Å². The number of hydrogen-bond donors (Lipinski definition) is 1. The van der Waals surface area contributed by atoms with Gasteiger partial charge in [0.1, 0.15) is 23.4 Å². The summed E-state index contributed by atoms with van der Waals surface area (Å²) in [6.45, 7) is 3.56. The molecule has 4 rings (SSSR count). The molecular weight excluding hydrogens is 393 g/mol. The fraction of sp³-hybridized carbons (Fsp3) is 0.182. The van der Waals surface area contributed by atoms with E-state index in [1.165, 1.54) is 40.7 Å². The Bertz CT molecular complexity index is 1130. The Kier molecular flexibility index (Phi) is 4.84. The van der Waals surface area contributed by atoms with Crippen LogP contribution in [0.2, 0.25) is 0 Å². The van der Waals surface area contributed by atoms with Crippen molar-refractivity contribution in [3.63, 3.8) is 0 Å². The van der Waals surface area contributed by atoms with Crippen LogP contribution in [-0.4, -0.2) is 21.7 Å². The third kappa shape index (κ3) is 3.27. The van der Waals surface area contributed by atoms with Crippen molar-refractivity contribution in [2.75, 3.05) is 0 Å². The number of hydrogen-bond acceptors (Lipinski definition) is 5. The summed E-state index contributed by atoms with van der Waals surface area (Å²) in [5, 5.41) is 12.8. The van der Waals surface area contributed by atoms with E-state index in [4.69, 9.17) is 4.42 Å². The number of aryl methyl sites for hydroxylation is 2. The highest BCUT2D eigenvalue weighted by atomic mass is 32.1. The van der Waals surface area contributed by atoms with Crippen LogP contribution in [0.15, 0.2) is 58.0 Å². The van der Waals surface area contributed by atoms with Crippen LogP contribution < -0.4 is 0 Å². The molecule has 7 heteroatoms. The molecule has 0 saturated carbocycles. The third-order valence-electron chi connectivity index (χ3n) is 5.03. The van der Waals surface area contributed by atoms with Crippen molar-refractivity contribution in [2.24, 2.45) is 0 Å². The van der Waals surface area contributed by atoms with Crippen LogP contribution in [0.3, 0.4) is 0 Å². The minimum Gasteiger partial charge on any atom is -0.507 e. The monoisotopic (exact) mass is 411 g/mol. The number of rotatable bonds is 4. The van der Waals surface area contributed by atoms with Gasteiger partial charge in [0.05, 0.1) is 18.4 Å². The van der Waals surface area contributed by atoms with Crippen LogP contribution in [0.5, 0.6) is 0 Å². The van der Waals surface area contributed by atoms with Crippen molar-refractivity contribution in [1.82, 2.24) is 4.90 Å². The Balaban J connectivity index is 1.88. The first-order chi connectivity index (χ1) is 13.9. The van der Waals surface area contributed by atoms with Gasteiger partial charge in [-0.25, -0.2) is 4.39 Å². The molecule has 1 saturated heterocycles. The molecule has 29 heavy (non-hydrogen) atoms. The summed E-state index contributed by atoms with van der Waals surface area (Å²) in [6, 6.07) is 8.67. The normalized spacial score (nSPS) is 18.6. The molecule has 0 aliphatic carbocycles. The van der Waals surface area contributed by atoms with Crippen LogP contribution in [0, 0.1) is 19.7 Å². The van der Waals surface area contributed by atoms with E-state index in [-0.39, 0.29) is 17.9 Å². The van der Waals surface area contributed by atoms with Crippen LogP contribution >= 0.6 is 11.3 Å². The fourth-order valence-corrected chi connectivity index (χ4v) is 4.54. The Morgan fingerprint density at radius 3 is 2.62 bits per heavy atom. The van der Waals surface area contributed by atoms with E-state index >= 15 is 0 Å². The van der Waals surface area contributed by atoms with E-state index in [9.17, 15) is 19.1 Å². The molecule has 1 aliphatic rings. The summed E-state index contributed by atoms with van der Waals surface area (Å²) in [5.74, 6) is -1.67. The smallest absolute Gasteiger partial charge is 0.296 e. The summed E-state index contributed by atoms with van der Waals surface area (Å²) in [7, 11) is 0. The zero-order valence-electron chi connectivity index (χ0n) is 15.8. The largest absolute Gasteiger partial charge is 0.507 e. The molecule has 5 nitrogen and oxygen atoms in total. The zero-order chi connectivity index (χ0) is 20.7. The molecule has 1 unspecified atom stereocenters. The van der Waals surface area contributed by atoms with Gasteiger partial charge in [-0.3, -0.25) is 9.59 Å². The highest BCUT2D eigenvalue weighted by molar-refractivity contribution is 7.10. The van der Waals surface area contributed by atoms with Gasteiger partial charge in [-0.05, 0) is 66.8 Å².